The number of nitrogens with zero attached hydrogens (tertiary/aromatic N) is 1. The third kappa shape index (κ3) is 5.11. The number of Topliss-reactive ketones (excluding diaryl/α,β-unsaturated/α-hetero) is 1. The van der Waals surface area contributed by atoms with Gasteiger partial charge >= 0.3 is 0 Å². The molecule has 8 nitrogen and oxygen atoms in total. The first kappa shape index (κ1) is 19.5. The molecular weight excluding hydrogens is 358 g/mol. The monoisotopic (exact) mass is 377 g/mol. The van der Waals surface area contributed by atoms with Crippen molar-refractivity contribution in [3.8, 4) is 0 Å². The van der Waals surface area contributed by atoms with Gasteiger partial charge in [-0.1, -0.05) is 24.3 Å². The summed E-state index contributed by atoms with van der Waals surface area (Å²) in [6, 6.07) is 11.2. The molecule has 26 heavy (non-hydrogen) atoms. The Balaban J connectivity index is 2.11. The first-order chi connectivity index (χ1) is 12.2. The van der Waals surface area contributed by atoms with Crippen molar-refractivity contribution in [1.82, 2.24) is 4.72 Å². The van der Waals surface area contributed by atoms with Crippen molar-refractivity contribution < 1.29 is 18.1 Å². The van der Waals surface area contributed by atoms with E-state index in [2.05, 4.69) is 10.0 Å². The summed E-state index contributed by atoms with van der Waals surface area (Å²) in [5, 5.41) is 14.2. The third-order valence-electron chi connectivity index (χ3n) is 3.77. The van der Waals surface area contributed by atoms with Crippen LogP contribution in [0.2, 0.25) is 0 Å². The highest BCUT2D eigenvalue weighted by Crippen LogP contribution is 2.26. The molecule has 0 heterocycles. The number of nitro benzene ring substituents is 1. The number of hydrogen-bond donors (Lipinski definition) is 2. The number of benzene rings is 2. The quantitative estimate of drug-likeness (QED) is 0.414. The van der Waals surface area contributed by atoms with Crippen LogP contribution in [0, 0.1) is 10.1 Å². The van der Waals surface area contributed by atoms with Gasteiger partial charge in [0.2, 0.25) is 10.0 Å². The number of anilines is 1. The summed E-state index contributed by atoms with van der Waals surface area (Å²) in [5.74, 6) is -0.360. The topological polar surface area (TPSA) is 118 Å². The molecule has 0 aliphatic rings. The molecule has 2 N–H and O–H groups in total. The van der Waals surface area contributed by atoms with Gasteiger partial charge in [-0.15, -0.1) is 0 Å². The average molecular weight is 377 g/mol. The third-order valence-corrected chi connectivity index (χ3v) is 5.11. The normalized spacial score (nSPS) is 11.2. The van der Waals surface area contributed by atoms with E-state index in [0.717, 1.165) is 5.56 Å². The number of nitro groups is 1. The molecular formula is C17H19N3O5S. The summed E-state index contributed by atoms with van der Waals surface area (Å²) in [5.41, 5.74) is 1.88. The summed E-state index contributed by atoms with van der Waals surface area (Å²) in [7, 11) is -1.98. The Morgan fingerprint density at radius 1 is 1.12 bits per heavy atom. The van der Waals surface area contributed by atoms with E-state index < -0.39 is 14.9 Å². The molecule has 0 atom stereocenters. The standard InChI is InChI=1S/C17H19N3O5S/c1-12(21)15-7-8-16(17(9-15)20(22)23)19-10-13-3-5-14(6-4-13)11-26(24,25)18-2/h3-9,18-19H,10-11H2,1-2H3. The van der Waals surface area contributed by atoms with Crippen molar-refractivity contribution in [2.45, 2.75) is 19.2 Å². The molecule has 0 radical (unpaired) electrons. The Kier molecular flexibility index (Phi) is 6.06. The largest absolute Gasteiger partial charge is 0.375 e. The number of sulfonamides is 1. The van der Waals surface area contributed by atoms with E-state index in [1.807, 2.05) is 0 Å². The Labute approximate surface area is 151 Å². The van der Waals surface area contributed by atoms with Crippen LogP contribution in [0.1, 0.15) is 28.4 Å². The van der Waals surface area contributed by atoms with Gasteiger partial charge in [0, 0.05) is 18.2 Å². The van der Waals surface area contributed by atoms with E-state index >= 15 is 0 Å². The molecule has 0 spiro atoms. The summed E-state index contributed by atoms with van der Waals surface area (Å²) in [6.45, 7) is 1.67. The lowest BCUT2D eigenvalue weighted by Gasteiger charge is -2.09. The Morgan fingerprint density at radius 3 is 2.27 bits per heavy atom. The van der Waals surface area contributed by atoms with E-state index in [9.17, 15) is 23.3 Å². The maximum Gasteiger partial charge on any atom is 0.293 e. The minimum atomic E-state index is -3.34. The van der Waals surface area contributed by atoms with Crippen molar-refractivity contribution in [1.29, 1.82) is 0 Å². The Morgan fingerprint density at radius 2 is 1.73 bits per heavy atom. The molecule has 0 aliphatic heterocycles. The highest BCUT2D eigenvalue weighted by molar-refractivity contribution is 7.88. The van der Waals surface area contributed by atoms with Gasteiger partial charge in [-0.3, -0.25) is 14.9 Å². The lowest BCUT2D eigenvalue weighted by Crippen LogP contribution is -2.20. The molecule has 2 aromatic carbocycles. The summed E-state index contributed by atoms with van der Waals surface area (Å²) in [6.07, 6.45) is 0. The molecule has 0 aromatic heterocycles. The van der Waals surface area contributed by atoms with Crippen LogP contribution >= 0.6 is 0 Å². The molecule has 0 unspecified atom stereocenters. The SMILES string of the molecule is CNS(=O)(=O)Cc1ccc(CNc2ccc(C(C)=O)cc2[N+](=O)[O-])cc1. The molecule has 2 rings (SSSR count). The lowest BCUT2D eigenvalue weighted by molar-refractivity contribution is -0.384. The number of hydrogen-bond acceptors (Lipinski definition) is 6. The van der Waals surface area contributed by atoms with Crippen LogP contribution in [-0.2, 0) is 22.3 Å². The number of nitrogens with one attached hydrogen (secondary N) is 2. The van der Waals surface area contributed by atoms with E-state index in [0.29, 0.717) is 17.8 Å². The number of carbonyl (C=O) groups is 1. The van der Waals surface area contributed by atoms with E-state index in [1.54, 1.807) is 24.3 Å². The zero-order chi connectivity index (χ0) is 19.3. The van der Waals surface area contributed by atoms with Crippen molar-refractivity contribution >= 4 is 27.2 Å². The molecule has 0 aliphatic carbocycles. The Hall–Kier alpha value is -2.78. The van der Waals surface area contributed by atoms with E-state index in [-0.39, 0.29) is 22.8 Å². The van der Waals surface area contributed by atoms with Crippen molar-refractivity contribution in [3.63, 3.8) is 0 Å². The van der Waals surface area contributed by atoms with Crippen LogP contribution < -0.4 is 10.0 Å². The molecule has 2 aromatic rings. The molecule has 9 heteroatoms. The second-order valence-electron chi connectivity index (χ2n) is 5.68. The van der Waals surface area contributed by atoms with Gasteiger partial charge in [-0.2, -0.15) is 0 Å². The second kappa shape index (κ2) is 8.07. The summed E-state index contributed by atoms with van der Waals surface area (Å²) < 4.78 is 25.3. The predicted molar refractivity (Wildman–Crippen MR) is 98.6 cm³/mol. The van der Waals surface area contributed by atoms with Crippen LogP contribution in [0.15, 0.2) is 42.5 Å². The molecule has 0 saturated heterocycles. The van der Waals surface area contributed by atoms with Crippen LogP contribution in [-0.4, -0.2) is 26.2 Å². The van der Waals surface area contributed by atoms with Gasteiger partial charge in [-0.05, 0) is 37.2 Å². The summed E-state index contributed by atoms with van der Waals surface area (Å²) >= 11 is 0. The second-order valence-corrected chi connectivity index (χ2v) is 7.60. The smallest absolute Gasteiger partial charge is 0.293 e. The molecule has 138 valence electrons. The highest BCUT2D eigenvalue weighted by Gasteiger charge is 2.16. The molecule has 0 amide bonds. The number of carbonyl (C=O) groups excluding carboxylic acids is 1. The Bertz CT molecular complexity index is 924. The van der Waals surface area contributed by atoms with Crippen LogP contribution in [0.5, 0.6) is 0 Å². The minimum Gasteiger partial charge on any atom is -0.375 e. The van der Waals surface area contributed by atoms with E-state index in [4.69, 9.17) is 0 Å². The fraction of sp³-hybridized carbons (Fsp3) is 0.235. The lowest BCUT2D eigenvalue weighted by atomic mass is 10.1. The predicted octanol–water partition coefficient (Wildman–Crippen LogP) is 2.46. The van der Waals surface area contributed by atoms with Gasteiger partial charge in [0.1, 0.15) is 5.69 Å². The first-order valence-corrected chi connectivity index (χ1v) is 9.39. The van der Waals surface area contributed by atoms with Crippen molar-refractivity contribution in [2.24, 2.45) is 0 Å². The molecule has 0 bridgehead atoms. The zero-order valence-electron chi connectivity index (χ0n) is 14.4. The van der Waals surface area contributed by atoms with Crippen molar-refractivity contribution in [3.05, 3.63) is 69.3 Å². The zero-order valence-corrected chi connectivity index (χ0v) is 15.2. The van der Waals surface area contributed by atoms with Gasteiger partial charge < -0.3 is 5.32 Å². The first-order valence-electron chi connectivity index (χ1n) is 7.74. The fourth-order valence-corrected chi connectivity index (χ4v) is 3.07. The fourth-order valence-electron chi connectivity index (χ4n) is 2.29. The van der Waals surface area contributed by atoms with E-state index in [1.165, 1.54) is 32.2 Å². The minimum absolute atomic E-state index is 0.116. The maximum absolute atomic E-state index is 11.5. The van der Waals surface area contributed by atoms with Crippen LogP contribution in [0.4, 0.5) is 11.4 Å². The van der Waals surface area contributed by atoms with Gasteiger partial charge in [0.15, 0.2) is 5.78 Å². The van der Waals surface area contributed by atoms with Gasteiger partial charge in [0.25, 0.3) is 5.69 Å². The number of ketones is 1. The highest BCUT2D eigenvalue weighted by atomic mass is 32.2. The summed E-state index contributed by atoms with van der Waals surface area (Å²) in [4.78, 5) is 22.0. The van der Waals surface area contributed by atoms with Gasteiger partial charge in [-0.25, -0.2) is 13.1 Å². The van der Waals surface area contributed by atoms with Crippen molar-refractivity contribution in [2.75, 3.05) is 12.4 Å². The number of rotatable bonds is 8. The van der Waals surface area contributed by atoms with Crippen LogP contribution in [0.25, 0.3) is 0 Å². The van der Waals surface area contributed by atoms with Gasteiger partial charge in [0.05, 0.1) is 10.7 Å². The maximum atomic E-state index is 11.5. The van der Waals surface area contributed by atoms with Crippen LogP contribution in [0.3, 0.4) is 0 Å². The average Bonchev–Trinajstić information content (AvgIpc) is 2.60. The molecule has 0 fully saturated rings. The molecule has 0 saturated carbocycles.